The maximum atomic E-state index is 13.3. The number of hydrogen-bond acceptors (Lipinski definition) is 5. The summed E-state index contributed by atoms with van der Waals surface area (Å²) in [5.74, 6) is -0.803. The van der Waals surface area contributed by atoms with Crippen LogP contribution >= 0.6 is 34.8 Å². The SMILES string of the molecule is CS(=O)(=O)NCc1ncc(-c2ccc([C@@H](O)[C@@H](CF)NC(=O)C(Cl)Cl)cc2)cc1Cl. The van der Waals surface area contributed by atoms with Gasteiger partial charge in [-0.15, -0.1) is 0 Å². The molecular formula is C18H19Cl3FN3O4S. The number of pyridine rings is 1. The zero-order chi connectivity index (χ0) is 22.5. The van der Waals surface area contributed by atoms with Crippen LogP contribution in [0.4, 0.5) is 4.39 Å². The Morgan fingerprint density at radius 1 is 1.23 bits per heavy atom. The fraction of sp³-hybridized carbons (Fsp3) is 0.333. The first-order valence-corrected chi connectivity index (χ1v) is 11.7. The first kappa shape index (κ1) is 24.8. The number of sulfonamides is 1. The molecular weight excluding hydrogens is 480 g/mol. The molecule has 2 atom stereocenters. The number of halogens is 4. The van der Waals surface area contributed by atoms with Gasteiger partial charge < -0.3 is 10.4 Å². The summed E-state index contributed by atoms with van der Waals surface area (Å²) in [6.45, 7) is -1.05. The summed E-state index contributed by atoms with van der Waals surface area (Å²) >= 11 is 17.0. The first-order valence-electron chi connectivity index (χ1n) is 8.53. The second-order valence-electron chi connectivity index (χ2n) is 6.38. The summed E-state index contributed by atoms with van der Waals surface area (Å²) < 4.78 is 38.0. The van der Waals surface area contributed by atoms with Crippen molar-refractivity contribution in [1.29, 1.82) is 0 Å². The predicted octanol–water partition coefficient (Wildman–Crippen LogP) is 2.74. The summed E-state index contributed by atoms with van der Waals surface area (Å²) in [6.07, 6.45) is 1.25. The fourth-order valence-corrected chi connectivity index (χ4v) is 3.26. The van der Waals surface area contributed by atoms with Gasteiger partial charge in [-0.1, -0.05) is 59.1 Å². The minimum absolute atomic E-state index is 0.0368. The number of aliphatic hydroxyl groups is 1. The van der Waals surface area contributed by atoms with Crippen LogP contribution in [0.5, 0.6) is 0 Å². The van der Waals surface area contributed by atoms with Crippen molar-refractivity contribution in [2.75, 3.05) is 12.9 Å². The summed E-state index contributed by atoms with van der Waals surface area (Å²) in [5, 5.41) is 12.9. The Labute approximate surface area is 188 Å². The van der Waals surface area contributed by atoms with Gasteiger partial charge in [0.05, 0.1) is 29.6 Å². The lowest BCUT2D eigenvalue weighted by Crippen LogP contribution is -2.43. The zero-order valence-corrected chi connectivity index (χ0v) is 18.7. The molecule has 7 nitrogen and oxygen atoms in total. The van der Waals surface area contributed by atoms with E-state index in [4.69, 9.17) is 34.8 Å². The second-order valence-corrected chi connectivity index (χ2v) is 9.72. The number of alkyl halides is 3. The number of nitrogens with zero attached hydrogens (tertiary/aromatic N) is 1. The molecule has 12 heteroatoms. The van der Waals surface area contributed by atoms with Crippen molar-refractivity contribution in [1.82, 2.24) is 15.0 Å². The molecule has 3 N–H and O–H groups in total. The van der Waals surface area contributed by atoms with Crippen molar-refractivity contribution >= 4 is 50.7 Å². The molecule has 0 radical (unpaired) electrons. The highest BCUT2D eigenvalue weighted by molar-refractivity contribution is 7.88. The van der Waals surface area contributed by atoms with Gasteiger partial charge in [-0.25, -0.2) is 17.5 Å². The number of hydrogen-bond donors (Lipinski definition) is 3. The quantitative estimate of drug-likeness (QED) is 0.461. The third-order valence-electron chi connectivity index (χ3n) is 4.08. The number of aliphatic hydroxyl groups excluding tert-OH is 1. The number of carbonyl (C=O) groups is 1. The van der Waals surface area contributed by atoms with Gasteiger partial charge in [0, 0.05) is 11.8 Å². The fourth-order valence-electron chi connectivity index (χ4n) is 2.51. The molecule has 1 aromatic heterocycles. The lowest BCUT2D eigenvalue weighted by molar-refractivity contribution is -0.121. The topological polar surface area (TPSA) is 108 Å². The van der Waals surface area contributed by atoms with E-state index in [1.54, 1.807) is 30.3 Å². The van der Waals surface area contributed by atoms with Gasteiger partial charge in [0.25, 0.3) is 5.91 Å². The molecule has 2 rings (SSSR count). The summed E-state index contributed by atoms with van der Waals surface area (Å²) in [7, 11) is -3.38. The summed E-state index contributed by atoms with van der Waals surface area (Å²) in [4.78, 5) is 14.3. The molecule has 2 aromatic rings. The molecule has 0 aliphatic carbocycles. The molecule has 1 amide bonds. The Morgan fingerprint density at radius 3 is 2.37 bits per heavy atom. The van der Waals surface area contributed by atoms with Gasteiger partial charge >= 0.3 is 0 Å². The van der Waals surface area contributed by atoms with Crippen LogP contribution in [-0.4, -0.2) is 48.2 Å². The number of nitrogens with one attached hydrogen (secondary N) is 2. The standard InChI is InChI=1S/C18H19Cl3FN3O4S/c1-30(28,29)24-9-15-13(19)6-12(8-23-15)10-2-4-11(5-3-10)16(26)14(7-22)25-18(27)17(20)21/h2-6,8,14,16-17,24,26H,7,9H2,1H3,(H,25,27)/t14-,16-/m1/s1. The van der Waals surface area contributed by atoms with Crippen molar-refractivity contribution in [3.63, 3.8) is 0 Å². The normalized spacial score (nSPS) is 13.8. The molecule has 1 aromatic carbocycles. The van der Waals surface area contributed by atoms with Crippen LogP contribution in [0.15, 0.2) is 36.5 Å². The van der Waals surface area contributed by atoms with E-state index in [0.717, 1.165) is 6.26 Å². The van der Waals surface area contributed by atoms with Gasteiger partial charge in [-0.3, -0.25) is 9.78 Å². The Morgan fingerprint density at radius 2 is 1.87 bits per heavy atom. The van der Waals surface area contributed by atoms with Crippen LogP contribution in [0.3, 0.4) is 0 Å². The highest BCUT2D eigenvalue weighted by Gasteiger charge is 2.25. The third kappa shape index (κ3) is 7.04. The van der Waals surface area contributed by atoms with Gasteiger partial charge in [0.15, 0.2) is 4.84 Å². The van der Waals surface area contributed by atoms with Crippen LogP contribution in [0.1, 0.15) is 17.4 Å². The van der Waals surface area contributed by atoms with Crippen molar-refractivity contribution in [3.05, 3.63) is 52.8 Å². The number of aromatic nitrogens is 1. The highest BCUT2D eigenvalue weighted by Crippen LogP contribution is 2.26. The van der Waals surface area contributed by atoms with E-state index < -0.39 is 39.6 Å². The highest BCUT2D eigenvalue weighted by atomic mass is 35.5. The molecule has 0 saturated heterocycles. The number of amides is 1. The van der Waals surface area contributed by atoms with Gasteiger partial charge in [-0.2, -0.15) is 0 Å². The van der Waals surface area contributed by atoms with E-state index in [1.165, 1.54) is 6.20 Å². The molecule has 0 bridgehead atoms. The van der Waals surface area contributed by atoms with E-state index in [-0.39, 0.29) is 11.6 Å². The van der Waals surface area contributed by atoms with Crippen molar-refractivity contribution in [2.24, 2.45) is 0 Å². The molecule has 0 saturated carbocycles. The molecule has 164 valence electrons. The number of carbonyl (C=O) groups excluding carboxylic acids is 1. The molecule has 0 unspecified atom stereocenters. The lowest BCUT2D eigenvalue weighted by atomic mass is 9.99. The molecule has 0 spiro atoms. The monoisotopic (exact) mass is 497 g/mol. The summed E-state index contributed by atoms with van der Waals surface area (Å²) in [6, 6.07) is 6.90. The van der Waals surface area contributed by atoms with E-state index in [0.29, 0.717) is 22.4 Å². The van der Waals surface area contributed by atoms with Gasteiger partial charge in [0.1, 0.15) is 12.8 Å². The van der Waals surface area contributed by atoms with Crippen LogP contribution in [0.2, 0.25) is 5.02 Å². The number of rotatable bonds is 9. The van der Waals surface area contributed by atoms with Crippen LogP contribution < -0.4 is 10.0 Å². The Balaban J connectivity index is 2.14. The van der Waals surface area contributed by atoms with Crippen LogP contribution in [-0.2, 0) is 21.4 Å². The molecule has 30 heavy (non-hydrogen) atoms. The second kappa shape index (κ2) is 10.7. The van der Waals surface area contributed by atoms with E-state index in [1.807, 2.05) is 0 Å². The van der Waals surface area contributed by atoms with Crippen LogP contribution in [0.25, 0.3) is 11.1 Å². The minimum atomic E-state index is -3.38. The maximum absolute atomic E-state index is 13.3. The largest absolute Gasteiger partial charge is 0.386 e. The lowest BCUT2D eigenvalue weighted by Gasteiger charge is -2.22. The Bertz CT molecular complexity index is 991. The summed E-state index contributed by atoms with van der Waals surface area (Å²) in [5.41, 5.74) is 2.11. The minimum Gasteiger partial charge on any atom is -0.386 e. The molecule has 0 aliphatic heterocycles. The van der Waals surface area contributed by atoms with E-state index >= 15 is 0 Å². The average molecular weight is 499 g/mol. The van der Waals surface area contributed by atoms with Gasteiger partial charge in [-0.05, 0) is 17.2 Å². The molecule has 0 fully saturated rings. The smallest absolute Gasteiger partial charge is 0.253 e. The Kier molecular flexibility index (Phi) is 8.84. The Hall–Kier alpha value is -1.49. The van der Waals surface area contributed by atoms with Crippen molar-refractivity contribution < 1.29 is 22.7 Å². The third-order valence-corrected chi connectivity index (χ3v) is 5.47. The van der Waals surface area contributed by atoms with Crippen molar-refractivity contribution in [2.45, 2.75) is 23.5 Å². The number of benzene rings is 1. The van der Waals surface area contributed by atoms with E-state index in [2.05, 4.69) is 15.0 Å². The molecule has 0 aliphatic rings. The maximum Gasteiger partial charge on any atom is 0.253 e. The van der Waals surface area contributed by atoms with Crippen molar-refractivity contribution in [3.8, 4) is 11.1 Å². The zero-order valence-electron chi connectivity index (χ0n) is 15.6. The predicted molar refractivity (Wildman–Crippen MR) is 115 cm³/mol. The average Bonchev–Trinajstić information content (AvgIpc) is 2.69. The molecule has 1 heterocycles. The van der Waals surface area contributed by atoms with E-state index in [9.17, 15) is 22.7 Å². The van der Waals surface area contributed by atoms with Gasteiger partial charge in [0.2, 0.25) is 10.0 Å². The first-order chi connectivity index (χ1) is 14.0. The van der Waals surface area contributed by atoms with Crippen LogP contribution in [0, 0.1) is 0 Å².